The number of rotatable bonds is 6. The van der Waals surface area contributed by atoms with Crippen LogP contribution in [0.5, 0.6) is 0 Å². The first kappa shape index (κ1) is 27.2. The smallest absolute Gasteiger partial charge is 0.339 e. The molecule has 4 aromatic rings. The number of hydrogen-bond acceptors (Lipinski definition) is 7. The highest BCUT2D eigenvalue weighted by Gasteiger charge is 2.35. The van der Waals surface area contributed by atoms with Gasteiger partial charge in [0.1, 0.15) is 0 Å². The molecule has 0 bridgehead atoms. The summed E-state index contributed by atoms with van der Waals surface area (Å²) in [5, 5.41) is 16.2. The third kappa shape index (κ3) is 5.79. The first-order valence-electron chi connectivity index (χ1n) is 13.0. The van der Waals surface area contributed by atoms with Gasteiger partial charge in [-0.2, -0.15) is 0 Å². The molecule has 2 heterocycles. The molecule has 1 aliphatic rings. The van der Waals surface area contributed by atoms with Gasteiger partial charge in [-0.15, -0.1) is 11.3 Å². The monoisotopic (exact) mass is 555 g/mol. The molecule has 2 aromatic heterocycles. The third-order valence-corrected chi connectivity index (χ3v) is 8.02. The summed E-state index contributed by atoms with van der Waals surface area (Å²) in [4.78, 5) is 42.7. The van der Waals surface area contributed by atoms with Gasteiger partial charge in [-0.05, 0) is 71.0 Å². The standard InChI is InChI=1S/C31H29N3O5S/c1-31(2,3)20-15-19(16-23-7-6-14-40-23)29-25(17-20)28(24-8-4-5-9-26(24)33-29)30(36)39-18-27(35)32-21-10-12-22(13-11-21)34(37)38/h4-14,16,20H,15,17-18H2,1-3H3,(H,32,35). The van der Waals surface area contributed by atoms with Crippen LogP contribution in [0.2, 0.25) is 0 Å². The van der Waals surface area contributed by atoms with Crippen LogP contribution in [0, 0.1) is 21.4 Å². The molecule has 1 atom stereocenters. The van der Waals surface area contributed by atoms with Crippen LogP contribution in [0.25, 0.3) is 22.6 Å². The highest BCUT2D eigenvalue weighted by Crippen LogP contribution is 2.45. The van der Waals surface area contributed by atoms with Crippen LogP contribution in [0.3, 0.4) is 0 Å². The van der Waals surface area contributed by atoms with Gasteiger partial charge in [0, 0.05) is 28.1 Å². The van der Waals surface area contributed by atoms with Gasteiger partial charge in [-0.1, -0.05) is 45.0 Å². The molecule has 40 heavy (non-hydrogen) atoms. The number of anilines is 1. The Bertz CT molecular complexity index is 1620. The molecule has 8 nitrogen and oxygen atoms in total. The van der Waals surface area contributed by atoms with Crippen LogP contribution in [-0.2, 0) is 16.0 Å². The van der Waals surface area contributed by atoms with Crippen LogP contribution >= 0.6 is 11.3 Å². The molecule has 1 N–H and O–H groups in total. The van der Waals surface area contributed by atoms with Crippen molar-refractivity contribution in [1.29, 1.82) is 0 Å². The number of fused-ring (bicyclic) bond motifs is 2. The number of benzene rings is 2. The average molecular weight is 556 g/mol. The molecule has 9 heteroatoms. The van der Waals surface area contributed by atoms with Crippen molar-refractivity contribution in [2.24, 2.45) is 11.3 Å². The van der Waals surface area contributed by atoms with Crippen LogP contribution in [-0.4, -0.2) is 28.4 Å². The summed E-state index contributed by atoms with van der Waals surface area (Å²) < 4.78 is 5.56. The van der Waals surface area contributed by atoms with Crippen LogP contribution in [0.15, 0.2) is 66.0 Å². The van der Waals surface area contributed by atoms with Crippen molar-refractivity contribution in [3.8, 4) is 0 Å². The highest BCUT2D eigenvalue weighted by molar-refractivity contribution is 7.10. The number of amides is 1. The molecular weight excluding hydrogens is 526 g/mol. The second-order valence-electron chi connectivity index (χ2n) is 10.9. The van der Waals surface area contributed by atoms with E-state index in [0.717, 1.165) is 28.1 Å². The van der Waals surface area contributed by atoms with E-state index in [1.165, 1.54) is 24.3 Å². The van der Waals surface area contributed by atoms with Crippen molar-refractivity contribution < 1.29 is 19.2 Å². The van der Waals surface area contributed by atoms with E-state index in [4.69, 9.17) is 9.72 Å². The van der Waals surface area contributed by atoms with Crippen molar-refractivity contribution >= 4 is 57.1 Å². The topological polar surface area (TPSA) is 111 Å². The Hall–Kier alpha value is -4.37. The van der Waals surface area contributed by atoms with Gasteiger partial charge in [0.05, 0.1) is 21.7 Å². The number of nitrogens with zero attached hydrogens (tertiary/aromatic N) is 2. The second-order valence-corrected chi connectivity index (χ2v) is 11.9. The lowest BCUT2D eigenvalue weighted by Gasteiger charge is -2.36. The van der Waals surface area contributed by atoms with Gasteiger partial charge in [0.25, 0.3) is 11.6 Å². The number of carbonyl (C=O) groups excluding carboxylic acids is 2. The number of thiophene rings is 1. The zero-order valence-corrected chi connectivity index (χ0v) is 23.3. The highest BCUT2D eigenvalue weighted by atomic mass is 32.1. The van der Waals surface area contributed by atoms with Gasteiger partial charge in [0.2, 0.25) is 0 Å². The lowest BCUT2D eigenvalue weighted by atomic mass is 9.69. The van der Waals surface area contributed by atoms with Gasteiger partial charge in [-0.25, -0.2) is 9.78 Å². The number of ether oxygens (including phenoxy) is 1. The molecular formula is C31H29N3O5S. The number of aromatic nitrogens is 1. The zero-order valence-electron chi connectivity index (χ0n) is 22.5. The van der Waals surface area contributed by atoms with Gasteiger partial charge in [-0.3, -0.25) is 14.9 Å². The Kier molecular flexibility index (Phi) is 7.49. The minimum Gasteiger partial charge on any atom is -0.452 e. The fraction of sp³-hybridized carbons (Fsp3) is 0.258. The second kappa shape index (κ2) is 11.0. The number of allylic oxidation sites excluding steroid dienone is 1. The number of esters is 1. The van der Waals surface area contributed by atoms with Crippen LogP contribution in [0.1, 0.15) is 53.7 Å². The van der Waals surface area contributed by atoms with E-state index in [2.05, 4.69) is 38.2 Å². The maximum atomic E-state index is 13.7. The van der Waals surface area contributed by atoms with Crippen LogP contribution < -0.4 is 5.32 Å². The minimum absolute atomic E-state index is 0.0102. The molecule has 0 radical (unpaired) electrons. The van der Waals surface area contributed by atoms with Crippen molar-refractivity contribution in [3.63, 3.8) is 0 Å². The van der Waals surface area contributed by atoms with E-state index in [1.54, 1.807) is 11.3 Å². The zero-order chi connectivity index (χ0) is 28.4. The Morgan fingerprint density at radius 3 is 2.52 bits per heavy atom. The first-order valence-corrected chi connectivity index (χ1v) is 13.9. The maximum absolute atomic E-state index is 13.7. The fourth-order valence-electron chi connectivity index (χ4n) is 4.98. The van der Waals surface area contributed by atoms with Crippen molar-refractivity contribution in [3.05, 3.63) is 97.9 Å². The number of nitro benzene ring substituents is 1. The van der Waals surface area contributed by atoms with E-state index in [-0.39, 0.29) is 17.0 Å². The first-order chi connectivity index (χ1) is 19.1. The Morgan fingerprint density at radius 1 is 1.10 bits per heavy atom. The van der Waals surface area contributed by atoms with Crippen LogP contribution in [0.4, 0.5) is 11.4 Å². The molecule has 1 amide bonds. The number of hydrogen-bond donors (Lipinski definition) is 1. The predicted octanol–water partition coefficient (Wildman–Crippen LogP) is 7.15. The molecule has 204 valence electrons. The Morgan fingerprint density at radius 2 is 1.85 bits per heavy atom. The van der Waals surface area contributed by atoms with Gasteiger partial charge >= 0.3 is 5.97 Å². The molecule has 0 aliphatic heterocycles. The summed E-state index contributed by atoms with van der Waals surface area (Å²) in [6, 6.07) is 17.0. The molecule has 0 saturated heterocycles. The minimum atomic E-state index is -0.585. The number of nitro groups is 1. The molecule has 2 aromatic carbocycles. The predicted molar refractivity (Wildman–Crippen MR) is 157 cm³/mol. The lowest BCUT2D eigenvalue weighted by Crippen LogP contribution is -2.29. The van der Waals surface area contributed by atoms with E-state index in [0.29, 0.717) is 28.6 Å². The van der Waals surface area contributed by atoms with Crippen molar-refractivity contribution in [1.82, 2.24) is 4.98 Å². The van der Waals surface area contributed by atoms with Gasteiger partial charge < -0.3 is 10.1 Å². The number of pyridine rings is 1. The summed E-state index contributed by atoms with van der Waals surface area (Å²) in [6.07, 6.45) is 3.67. The largest absolute Gasteiger partial charge is 0.452 e. The Balaban J connectivity index is 1.48. The summed E-state index contributed by atoms with van der Waals surface area (Å²) in [5.41, 5.74) is 4.13. The van der Waals surface area contributed by atoms with Crippen molar-refractivity contribution in [2.75, 3.05) is 11.9 Å². The third-order valence-electron chi connectivity index (χ3n) is 7.20. The lowest BCUT2D eigenvalue weighted by molar-refractivity contribution is -0.384. The molecule has 1 aliphatic carbocycles. The van der Waals surface area contributed by atoms with Crippen molar-refractivity contribution in [2.45, 2.75) is 33.6 Å². The molecule has 1 unspecified atom stereocenters. The summed E-state index contributed by atoms with van der Waals surface area (Å²) in [7, 11) is 0. The maximum Gasteiger partial charge on any atom is 0.339 e. The van der Waals surface area contributed by atoms with E-state index in [9.17, 15) is 19.7 Å². The molecule has 0 fully saturated rings. The molecule has 0 saturated carbocycles. The van der Waals surface area contributed by atoms with Gasteiger partial charge in [0.15, 0.2) is 6.61 Å². The van der Waals surface area contributed by atoms with E-state index in [1.807, 2.05) is 35.7 Å². The molecule has 5 rings (SSSR count). The number of para-hydroxylation sites is 1. The average Bonchev–Trinajstić information content (AvgIpc) is 3.43. The summed E-state index contributed by atoms with van der Waals surface area (Å²) in [5.74, 6) is -0.856. The number of carbonyl (C=O) groups is 2. The molecule has 0 spiro atoms. The van der Waals surface area contributed by atoms with E-state index >= 15 is 0 Å². The Labute approximate surface area is 235 Å². The SMILES string of the molecule is CC(C)(C)C1CC(=Cc2cccs2)c2nc3ccccc3c(C(=O)OCC(=O)Nc3ccc([N+](=O)[O-])cc3)c2C1. The summed E-state index contributed by atoms with van der Waals surface area (Å²) >= 11 is 1.65. The number of nitrogens with one attached hydrogen (secondary N) is 1. The summed E-state index contributed by atoms with van der Waals surface area (Å²) in [6.45, 7) is 6.13. The van der Waals surface area contributed by atoms with E-state index < -0.39 is 23.4 Å². The normalized spacial score (nSPS) is 16.0. The fourth-order valence-corrected chi connectivity index (χ4v) is 5.66. The quantitative estimate of drug-likeness (QED) is 0.154. The number of non-ortho nitro benzene ring substituents is 1.